The van der Waals surface area contributed by atoms with E-state index >= 15 is 0 Å². The van der Waals surface area contributed by atoms with Crippen molar-refractivity contribution >= 4 is 34.9 Å². The summed E-state index contributed by atoms with van der Waals surface area (Å²) in [7, 11) is 0. The third-order valence-electron chi connectivity index (χ3n) is 2.50. The second-order valence-corrected chi connectivity index (χ2v) is 4.60. The molecule has 2 rings (SSSR count). The minimum absolute atomic E-state index is 0.123. The number of aromatic nitrogens is 2. The summed E-state index contributed by atoms with van der Waals surface area (Å²) < 4.78 is 36.9. The van der Waals surface area contributed by atoms with Crippen molar-refractivity contribution in [3.63, 3.8) is 0 Å². The lowest BCUT2D eigenvalue weighted by Gasteiger charge is -2.11. The van der Waals surface area contributed by atoms with Gasteiger partial charge in [-0.3, -0.25) is 9.59 Å². The third kappa shape index (κ3) is 4.39. The molecule has 6 nitrogen and oxygen atoms in total. The Bertz CT molecular complexity index is 735. The van der Waals surface area contributed by atoms with Crippen LogP contribution in [-0.4, -0.2) is 28.0 Å². The zero-order chi connectivity index (χ0) is 17.0. The fourth-order valence-electron chi connectivity index (χ4n) is 1.51. The molecule has 2 heterocycles. The van der Waals surface area contributed by atoms with Gasteiger partial charge >= 0.3 is 12.1 Å². The van der Waals surface area contributed by atoms with E-state index < -0.39 is 18.0 Å². The van der Waals surface area contributed by atoms with Crippen LogP contribution < -0.4 is 10.6 Å². The molecule has 2 N–H and O–H groups in total. The van der Waals surface area contributed by atoms with E-state index in [9.17, 15) is 22.8 Å². The number of alkyl halides is 3. The molecule has 2 aromatic rings. The number of pyridine rings is 2. The number of rotatable bonds is 3. The average molecular weight is 345 g/mol. The predicted octanol–water partition coefficient (Wildman–Crippen LogP) is 2.88. The summed E-state index contributed by atoms with van der Waals surface area (Å²) >= 11 is 5.65. The van der Waals surface area contributed by atoms with Crippen molar-refractivity contribution in [2.75, 3.05) is 10.6 Å². The molecule has 0 spiro atoms. The highest BCUT2D eigenvalue weighted by molar-refractivity contribution is 6.30. The zero-order valence-corrected chi connectivity index (χ0v) is 11.9. The van der Waals surface area contributed by atoms with Crippen molar-refractivity contribution in [3.05, 3.63) is 47.4 Å². The Morgan fingerprint density at radius 3 is 2.43 bits per heavy atom. The monoisotopic (exact) mass is 344 g/mol. The minimum atomic E-state index is -5.08. The standard InChI is InChI=1S/C13H8ClF3N4O2/c14-7-3-4-9(19-6-7)21-11(22)10-8(2-1-5-18-10)20-12(23)13(15,16)17/h1-6H,(H,20,23)(H,19,21,22). The number of halogens is 4. The maximum absolute atomic E-state index is 12.3. The van der Waals surface area contributed by atoms with E-state index in [1.807, 2.05) is 0 Å². The first-order valence-corrected chi connectivity index (χ1v) is 6.41. The highest BCUT2D eigenvalue weighted by Crippen LogP contribution is 2.20. The Balaban J connectivity index is 2.20. The first-order valence-electron chi connectivity index (χ1n) is 6.03. The smallest absolute Gasteiger partial charge is 0.316 e. The van der Waals surface area contributed by atoms with Gasteiger partial charge in [-0.25, -0.2) is 9.97 Å². The first kappa shape index (κ1) is 16.7. The Kier molecular flexibility index (Phi) is 4.80. The molecule has 0 saturated carbocycles. The highest BCUT2D eigenvalue weighted by Gasteiger charge is 2.39. The largest absolute Gasteiger partial charge is 0.471 e. The van der Waals surface area contributed by atoms with Gasteiger partial charge in [0.15, 0.2) is 5.69 Å². The first-order chi connectivity index (χ1) is 10.8. The highest BCUT2D eigenvalue weighted by atomic mass is 35.5. The zero-order valence-electron chi connectivity index (χ0n) is 11.2. The fourth-order valence-corrected chi connectivity index (χ4v) is 1.62. The molecule has 0 aliphatic rings. The molecular weight excluding hydrogens is 337 g/mol. The maximum atomic E-state index is 12.3. The van der Waals surface area contributed by atoms with Crippen LogP contribution in [0.15, 0.2) is 36.7 Å². The second kappa shape index (κ2) is 6.61. The summed E-state index contributed by atoms with van der Waals surface area (Å²) in [5, 5.41) is 4.28. The quantitative estimate of drug-likeness (QED) is 0.896. The van der Waals surface area contributed by atoms with Crippen LogP contribution in [0.5, 0.6) is 0 Å². The van der Waals surface area contributed by atoms with Crippen molar-refractivity contribution in [1.29, 1.82) is 0 Å². The van der Waals surface area contributed by atoms with Crippen molar-refractivity contribution < 1.29 is 22.8 Å². The minimum Gasteiger partial charge on any atom is -0.316 e. The van der Waals surface area contributed by atoms with Gasteiger partial charge in [-0.05, 0) is 24.3 Å². The molecule has 2 aromatic heterocycles. The lowest BCUT2D eigenvalue weighted by molar-refractivity contribution is -0.167. The lowest BCUT2D eigenvalue weighted by atomic mass is 10.2. The van der Waals surface area contributed by atoms with Gasteiger partial charge in [0.25, 0.3) is 5.91 Å². The lowest BCUT2D eigenvalue weighted by Crippen LogP contribution is -2.31. The Labute approximate surface area is 132 Å². The Morgan fingerprint density at radius 1 is 1.09 bits per heavy atom. The Hall–Kier alpha value is -2.68. The van der Waals surface area contributed by atoms with Gasteiger partial charge in [0.05, 0.1) is 10.7 Å². The van der Waals surface area contributed by atoms with E-state index in [0.717, 1.165) is 6.07 Å². The Morgan fingerprint density at radius 2 is 1.83 bits per heavy atom. The number of anilines is 2. The van der Waals surface area contributed by atoms with Crippen LogP contribution in [0.25, 0.3) is 0 Å². The molecule has 0 fully saturated rings. The van der Waals surface area contributed by atoms with E-state index in [4.69, 9.17) is 11.6 Å². The second-order valence-electron chi connectivity index (χ2n) is 4.17. The van der Waals surface area contributed by atoms with Crippen molar-refractivity contribution in [3.8, 4) is 0 Å². The van der Waals surface area contributed by atoms with Crippen LogP contribution in [0.4, 0.5) is 24.7 Å². The molecule has 23 heavy (non-hydrogen) atoms. The normalized spacial score (nSPS) is 11.0. The van der Waals surface area contributed by atoms with Gasteiger partial charge in [-0.2, -0.15) is 13.2 Å². The molecular formula is C13H8ClF3N4O2. The van der Waals surface area contributed by atoms with E-state index in [2.05, 4.69) is 15.3 Å². The van der Waals surface area contributed by atoms with E-state index in [-0.39, 0.29) is 17.2 Å². The number of nitrogens with one attached hydrogen (secondary N) is 2. The SMILES string of the molecule is O=C(Nc1ccc(Cl)cn1)c1ncccc1NC(=O)C(F)(F)F. The van der Waals surface area contributed by atoms with Crippen LogP contribution in [0.2, 0.25) is 5.02 Å². The van der Waals surface area contributed by atoms with E-state index in [1.54, 1.807) is 5.32 Å². The molecule has 0 bridgehead atoms. The number of amides is 2. The molecule has 120 valence electrons. The number of carbonyl (C=O) groups excluding carboxylic acids is 2. The molecule has 0 radical (unpaired) electrons. The van der Waals surface area contributed by atoms with E-state index in [0.29, 0.717) is 5.02 Å². The fraction of sp³-hybridized carbons (Fsp3) is 0.0769. The summed E-state index contributed by atoms with van der Waals surface area (Å²) in [6.07, 6.45) is -2.60. The number of hydrogen-bond acceptors (Lipinski definition) is 4. The molecule has 0 aliphatic carbocycles. The predicted molar refractivity (Wildman–Crippen MR) is 76.1 cm³/mol. The van der Waals surface area contributed by atoms with Crippen molar-refractivity contribution in [2.24, 2.45) is 0 Å². The van der Waals surface area contributed by atoms with Gasteiger partial charge in [-0.15, -0.1) is 0 Å². The van der Waals surface area contributed by atoms with Gasteiger partial charge < -0.3 is 10.6 Å². The van der Waals surface area contributed by atoms with Gasteiger partial charge in [0.2, 0.25) is 0 Å². The van der Waals surface area contributed by atoms with Crippen LogP contribution >= 0.6 is 11.6 Å². The number of nitrogens with zero attached hydrogens (tertiary/aromatic N) is 2. The molecule has 0 aliphatic heterocycles. The van der Waals surface area contributed by atoms with Gasteiger partial charge in [0.1, 0.15) is 5.82 Å². The molecule has 0 unspecified atom stereocenters. The van der Waals surface area contributed by atoms with Gasteiger partial charge in [0, 0.05) is 12.4 Å². The summed E-state index contributed by atoms with van der Waals surface area (Å²) in [6, 6.07) is 5.27. The van der Waals surface area contributed by atoms with Crippen molar-refractivity contribution in [1.82, 2.24) is 9.97 Å². The molecule has 2 amide bonds. The topological polar surface area (TPSA) is 84.0 Å². The maximum Gasteiger partial charge on any atom is 0.471 e. The molecule has 10 heteroatoms. The summed E-state index contributed by atoms with van der Waals surface area (Å²) in [4.78, 5) is 30.5. The summed E-state index contributed by atoms with van der Waals surface area (Å²) in [5.41, 5.74) is -0.761. The van der Waals surface area contributed by atoms with E-state index in [1.165, 1.54) is 30.6 Å². The van der Waals surface area contributed by atoms with Gasteiger partial charge in [-0.1, -0.05) is 11.6 Å². The summed E-state index contributed by atoms with van der Waals surface area (Å²) in [6.45, 7) is 0. The molecule has 0 saturated heterocycles. The average Bonchev–Trinajstić information content (AvgIpc) is 2.49. The van der Waals surface area contributed by atoms with Crippen LogP contribution in [0.1, 0.15) is 10.5 Å². The van der Waals surface area contributed by atoms with Crippen LogP contribution in [0, 0.1) is 0 Å². The van der Waals surface area contributed by atoms with Crippen LogP contribution in [0.3, 0.4) is 0 Å². The van der Waals surface area contributed by atoms with Crippen LogP contribution in [-0.2, 0) is 4.79 Å². The molecule has 0 aromatic carbocycles. The van der Waals surface area contributed by atoms with Crippen molar-refractivity contribution in [2.45, 2.75) is 6.18 Å². The molecule has 0 atom stereocenters. The summed E-state index contributed by atoms with van der Waals surface area (Å²) in [5.74, 6) is -2.92. The third-order valence-corrected chi connectivity index (χ3v) is 2.72. The number of carbonyl (C=O) groups is 2. The number of hydrogen-bond donors (Lipinski definition) is 2.